The van der Waals surface area contributed by atoms with Crippen molar-refractivity contribution in [1.29, 1.82) is 0 Å². The number of nitrogens with zero attached hydrogens (tertiary/aromatic N) is 2. The summed E-state index contributed by atoms with van der Waals surface area (Å²) in [6.45, 7) is 4.06. The predicted molar refractivity (Wildman–Crippen MR) is 79.7 cm³/mol. The third-order valence-electron chi connectivity index (χ3n) is 3.09. The van der Waals surface area contributed by atoms with Crippen LogP contribution in [0.1, 0.15) is 30.6 Å². The molecule has 1 aromatic carbocycles. The van der Waals surface area contributed by atoms with Crippen LogP contribution in [0.15, 0.2) is 30.3 Å². The first-order valence-corrected chi connectivity index (χ1v) is 6.86. The molecule has 0 fully saturated rings. The molecule has 1 amide bonds. The molecule has 0 bridgehead atoms. The van der Waals surface area contributed by atoms with Crippen LogP contribution in [0.25, 0.3) is 0 Å². The van der Waals surface area contributed by atoms with Crippen molar-refractivity contribution >= 4 is 17.5 Å². The zero-order valence-corrected chi connectivity index (χ0v) is 12.2. The van der Waals surface area contributed by atoms with E-state index in [0.29, 0.717) is 5.82 Å². The van der Waals surface area contributed by atoms with Crippen molar-refractivity contribution in [2.24, 2.45) is 0 Å². The standard InChI is InChI=1S/C15H16F2N4O/c1-3-9(2)18-13-6-7-14(21-20-13)19-15(22)10-4-5-11(16)12(17)8-10/h4-9H,3H2,1-2H3,(H,18,20)(H,19,21,22). The van der Waals surface area contributed by atoms with E-state index in [4.69, 9.17) is 0 Å². The Labute approximate surface area is 126 Å². The minimum Gasteiger partial charge on any atom is -0.366 e. The minimum atomic E-state index is -1.08. The van der Waals surface area contributed by atoms with Gasteiger partial charge >= 0.3 is 0 Å². The molecule has 0 spiro atoms. The van der Waals surface area contributed by atoms with Gasteiger partial charge in [0.05, 0.1) is 0 Å². The van der Waals surface area contributed by atoms with E-state index in [1.807, 2.05) is 13.8 Å². The number of aromatic nitrogens is 2. The lowest BCUT2D eigenvalue weighted by atomic mass is 10.2. The van der Waals surface area contributed by atoms with Crippen molar-refractivity contribution in [2.75, 3.05) is 10.6 Å². The molecular weight excluding hydrogens is 290 g/mol. The van der Waals surface area contributed by atoms with Crippen molar-refractivity contribution in [2.45, 2.75) is 26.3 Å². The summed E-state index contributed by atoms with van der Waals surface area (Å²) in [4.78, 5) is 11.9. The quantitative estimate of drug-likeness (QED) is 0.890. The Morgan fingerprint density at radius 1 is 1.14 bits per heavy atom. The molecule has 1 heterocycles. The van der Waals surface area contributed by atoms with Crippen molar-refractivity contribution in [3.8, 4) is 0 Å². The SMILES string of the molecule is CCC(C)Nc1ccc(NC(=O)c2ccc(F)c(F)c2)nn1. The highest BCUT2D eigenvalue weighted by Gasteiger charge is 2.11. The van der Waals surface area contributed by atoms with Crippen LogP contribution in [0, 0.1) is 11.6 Å². The number of carbonyl (C=O) groups excluding carboxylic acids is 1. The highest BCUT2D eigenvalue weighted by molar-refractivity contribution is 6.03. The maximum absolute atomic E-state index is 13.1. The Morgan fingerprint density at radius 3 is 2.41 bits per heavy atom. The summed E-state index contributed by atoms with van der Waals surface area (Å²) in [6, 6.07) is 6.44. The topological polar surface area (TPSA) is 66.9 Å². The molecule has 0 radical (unpaired) electrons. The minimum absolute atomic E-state index is 0.00232. The fourth-order valence-corrected chi connectivity index (χ4v) is 1.66. The molecule has 0 aliphatic rings. The molecule has 5 nitrogen and oxygen atoms in total. The molecule has 22 heavy (non-hydrogen) atoms. The van der Waals surface area contributed by atoms with E-state index in [2.05, 4.69) is 20.8 Å². The largest absolute Gasteiger partial charge is 0.366 e. The Kier molecular flexibility index (Phi) is 4.98. The summed E-state index contributed by atoms with van der Waals surface area (Å²) >= 11 is 0. The van der Waals surface area contributed by atoms with Gasteiger partial charge in [-0.15, -0.1) is 10.2 Å². The van der Waals surface area contributed by atoms with E-state index in [-0.39, 0.29) is 17.4 Å². The summed E-state index contributed by atoms with van der Waals surface area (Å²) in [5.41, 5.74) is 0.00232. The van der Waals surface area contributed by atoms with Gasteiger partial charge in [-0.05, 0) is 43.7 Å². The molecule has 0 saturated carbocycles. The lowest BCUT2D eigenvalue weighted by molar-refractivity contribution is 0.102. The summed E-state index contributed by atoms with van der Waals surface area (Å²) in [6.07, 6.45) is 0.941. The van der Waals surface area contributed by atoms with Crippen LogP contribution in [0.2, 0.25) is 0 Å². The van der Waals surface area contributed by atoms with Crippen LogP contribution in [0.5, 0.6) is 0 Å². The molecule has 1 atom stereocenters. The van der Waals surface area contributed by atoms with Crippen LogP contribution >= 0.6 is 0 Å². The number of halogens is 2. The van der Waals surface area contributed by atoms with Gasteiger partial charge in [-0.1, -0.05) is 6.92 Å². The van der Waals surface area contributed by atoms with Crippen molar-refractivity contribution in [1.82, 2.24) is 10.2 Å². The van der Waals surface area contributed by atoms with E-state index in [1.165, 1.54) is 6.07 Å². The molecule has 116 valence electrons. The second-order valence-electron chi connectivity index (χ2n) is 4.84. The number of nitrogens with one attached hydrogen (secondary N) is 2. The van der Waals surface area contributed by atoms with Crippen LogP contribution in [-0.4, -0.2) is 22.1 Å². The summed E-state index contributed by atoms with van der Waals surface area (Å²) in [5.74, 6) is -1.84. The average molecular weight is 306 g/mol. The molecule has 0 aliphatic heterocycles. The Morgan fingerprint density at radius 2 is 1.82 bits per heavy atom. The fourth-order valence-electron chi connectivity index (χ4n) is 1.66. The van der Waals surface area contributed by atoms with Crippen molar-refractivity contribution < 1.29 is 13.6 Å². The zero-order chi connectivity index (χ0) is 16.1. The van der Waals surface area contributed by atoms with Gasteiger partial charge in [0.25, 0.3) is 5.91 Å². The number of amides is 1. The van der Waals surface area contributed by atoms with Crippen molar-refractivity contribution in [3.63, 3.8) is 0 Å². The van der Waals surface area contributed by atoms with E-state index in [9.17, 15) is 13.6 Å². The van der Waals surface area contributed by atoms with E-state index in [1.54, 1.807) is 12.1 Å². The Balaban J connectivity index is 2.03. The second kappa shape index (κ2) is 6.93. The van der Waals surface area contributed by atoms with Gasteiger partial charge in [0, 0.05) is 11.6 Å². The third-order valence-corrected chi connectivity index (χ3v) is 3.09. The Bertz CT molecular complexity index is 661. The number of benzene rings is 1. The van der Waals surface area contributed by atoms with E-state index < -0.39 is 17.5 Å². The maximum atomic E-state index is 13.1. The smallest absolute Gasteiger partial charge is 0.256 e. The number of anilines is 2. The van der Waals surface area contributed by atoms with Gasteiger partial charge in [0.1, 0.15) is 5.82 Å². The monoisotopic (exact) mass is 306 g/mol. The molecule has 1 aromatic heterocycles. The fraction of sp³-hybridized carbons (Fsp3) is 0.267. The van der Waals surface area contributed by atoms with Gasteiger partial charge in [0.2, 0.25) is 0 Å². The first-order chi connectivity index (χ1) is 10.5. The summed E-state index contributed by atoms with van der Waals surface area (Å²) in [5, 5.41) is 13.4. The first-order valence-electron chi connectivity index (χ1n) is 6.86. The van der Waals surface area contributed by atoms with E-state index >= 15 is 0 Å². The molecule has 2 aromatic rings. The van der Waals surface area contributed by atoms with E-state index in [0.717, 1.165) is 18.6 Å². The summed E-state index contributed by atoms with van der Waals surface area (Å²) in [7, 11) is 0. The predicted octanol–water partition coefficient (Wildman–Crippen LogP) is 3.22. The van der Waals surface area contributed by atoms with Crippen LogP contribution in [-0.2, 0) is 0 Å². The lowest BCUT2D eigenvalue weighted by Crippen LogP contribution is -2.16. The first kappa shape index (κ1) is 15.8. The van der Waals surface area contributed by atoms with Gasteiger partial charge in [-0.25, -0.2) is 8.78 Å². The molecule has 1 unspecified atom stereocenters. The molecule has 0 aliphatic carbocycles. The normalized spacial score (nSPS) is 11.8. The molecule has 0 saturated heterocycles. The van der Waals surface area contributed by atoms with Gasteiger partial charge in [-0.3, -0.25) is 4.79 Å². The molecule has 2 N–H and O–H groups in total. The molecular formula is C15H16F2N4O. The Hall–Kier alpha value is -2.57. The number of hydrogen-bond acceptors (Lipinski definition) is 4. The van der Waals surface area contributed by atoms with Crippen molar-refractivity contribution in [3.05, 3.63) is 47.5 Å². The second-order valence-corrected chi connectivity index (χ2v) is 4.84. The highest BCUT2D eigenvalue weighted by atomic mass is 19.2. The van der Waals surface area contributed by atoms with Gasteiger partial charge < -0.3 is 10.6 Å². The maximum Gasteiger partial charge on any atom is 0.256 e. The van der Waals surface area contributed by atoms with Gasteiger partial charge in [-0.2, -0.15) is 0 Å². The number of carbonyl (C=O) groups is 1. The third kappa shape index (κ3) is 3.97. The number of rotatable bonds is 5. The van der Waals surface area contributed by atoms with Crippen LogP contribution < -0.4 is 10.6 Å². The number of hydrogen-bond donors (Lipinski definition) is 2. The molecule has 7 heteroatoms. The highest BCUT2D eigenvalue weighted by Crippen LogP contribution is 2.12. The summed E-state index contributed by atoms with van der Waals surface area (Å²) < 4.78 is 25.9. The van der Waals surface area contributed by atoms with Crippen LogP contribution in [0.3, 0.4) is 0 Å². The zero-order valence-electron chi connectivity index (χ0n) is 12.2. The lowest BCUT2D eigenvalue weighted by Gasteiger charge is -2.11. The van der Waals surface area contributed by atoms with Gasteiger partial charge in [0.15, 0.2) is 17.5 Å². The molecule has 2 rings (SSSR count). The average Bonchev–Trinajstić information content (AvgIpc) is 2.51. The van der Waals surface area contributed by atoms with Crippen LogP contribution in [0.4, 0.5) is 20.4 Å².